The smallest absolute Gasteiger partial charge is 0.319 e. The van der Waals surface area contributed by atoms with Crippen LogP contribution in [0.25, 0.3) is 0 Å². The molecule has 1 saturated carbocycles. The van der Waals surface area contributed by atoms with Gasteiger partial charge in [-0.2, -0.15) is 0 Å². The third-order valence-electron chi connectivity index (χ3n) is 5.93. The Balaban J connectivity index is 2.52. The van der Waals surface area contributed by atoms with Crippen molar-refractivity contribution < 1.29 is 23.9 Å². The topological polar surface area (TPSA) is 81.7 Å². The highest BCUT2D eigenvalue weighted by molar-refractivity contribution is 8.00. The molecule has 1 N–H and O–H groups in total. The van der Waals surface area contributed by atoms with Gasteiger partial charge >= 0.3 is 11.9 Å². The summed E-state index contributed by atoms with van der Waals surface area (Å²) in [6, 6.07) is 0. The summed E-state index contributed by atoms with van der Waals surface area (Å²) in [6.45, 7) is 8.58. The van der Waals surface area contributed by atoms with Gasteiger partial charge in [-0.1, -0.05) is 34.1 Å². The van der Waals surface area contributed by atoms with E-state index in [-0.39, 0.29) is 10.8 Å². The van der Waals surface area contributed by atoms with Gasteiger partial charge in [-0.3, -0.25) is 14.4 Å². The first-order valence-corrected chi connectivity index (χ1v) is 9.63. The molecule has 1 aliphatic carbocycles. The van der Waals surface area contributed by atoms with Crippen LogP contribution in [0.1, 0.15) is 47.0 Å². The van der Waals surface area contributed by atoms with Crippen molar-refractivity contribution in [2.45, 2.75) is 51.8 Å². The van der Waals surface area contributed by atoms with Crippen LogP contribution in [0.4, 0.5) is 0 Å². The molecule has 0 aromatic heterocycles. The van der Waals surface area contributed by atoms with Crippen LogP contribution in [0.5, 0.6) is 0 Å². The molecule has 7 heteroatoms. The van der Waals surface area contributed by atoms with Crippen LogP contribution in [-0.2, 0) is 23.9 Å². The number of nitrogens with one attached hydrogen (secondary N) is 1. The Bertz CT molecular complexity index is 556. The highest BCUT2D eigenvalue weighted by Crippen LogP contribution is 2.60. The van der Waals surface area contributed by atoms with Crippen LogP contribution in [0, 0.1) is 22.7 Å². The first-order chi connectivity index (χ1) is 11.5. The van der Waals surface area contributed by atoms with E-state index in [4.69, 9.17) is 9.47 Å². The van der Waals surface area contributed by atoms with E-state index >= 15 is 0 Å². The average molecular weight is 371 g/mol. The summed E-state index contributed by atoms with van der Waals surface area (Å²) in [4.78, 5) is 37.0. The molecule has 1 saturated heterocycles. The van der Waals surface area contributed by atoms with Crippen LogP contribution >= 0.6 is 11.8 Å². The monoisotopic (exact) mass is 371 g/mol. The van der Waals surface area contributed by atoms with Crippen molar-refractivity contribution in [3.8, 4) is 0 Å². The molecule has 1 spiro atoms. The van der Waals surface area contributed by atoms with Gasteiger partial charge in [0.2, 0.25) is 5.91 Å². The zero-order chi connectivity index (χ0) is 19.0. The van der Waals surface area contributed by atoms with E-state index in [0.717, 1.165) is 19.3 Å². The molecule has 2 rings (SSSR count). The molecule has 0 aromatic carbocycles. The van der Waals surface area contributed by atoms with E-state index < -0.39 is 34.6 Å². The standard InChI is InChI=1S/C18H29NO5S/c1-16(2)8-7-9-17(3,4)18(16)19-13(20)12(15(22)24-6)11(10-25-18)14(21)23-5/h11-12H,7-10H2,1-6H3,(H,19,20). The number of hydrogen-bond acceptors (Lipinski definition) is 6. The number of carbonyl (C=O) groups is 3. The lowest BCUT2D eigenvalue weighted by Crippen LogP contribution is -2.66. The van der Waals surface area contributed by atoms with Crippen molar-refractivity contribution in [3.63, 3.8) is 0 Å². The molecular weight excluding hydrogens is 342 g/mol. The van der Waals surface area contributed by atoms with Gasteiger partial charge < -0.3 is 14.8 Å². The second-order valence-corrected chi connectivity index (χ2v) is 9.47. The highest BCUT2D eigenvalue weighted by atomic mass is 32.2. The Morgan fingerprint density at radius 3 is 2.04 bits per heavy atom. The normalized spacial score (nSPS) is 30.1. The minimum absolute atomic E-state index is 0.180. The summed E-state index contributed by atoms with van der Waals surface area (Å²) >= 11 is 1.57. The molecule has 1 aliphatic heterocycles. The maximum Gasteiger partial charge on any atom is 0.319 e. The summed E-state index contributed by atoms with van der Waals surface area (Å²) < 4.78 is 9.66. The van der Waals surface area contributed by atoms with Crippen molar-refractivity contribution >= 4 is 29.6 Å². The lowest BCUT2D eigenvalue weighted by atomic mass is 9.60. The van der Waals surface area contributed by atoms with Gasteiger partial charge in [-0.15, -0.1) is 11.8 Å². The fraction of sp³-hybridized carbons (Fsp3) is 0.833. The van der Waals surface area contributed by atoms with E-state index in [1.165, 1.54) is 14.2 Å². The SMILES string of the molecule is COC(=O)C1CSC2(NC(=O)C1C(=O)OC)C(C)(C)CCCC2(C)C. The van der Waals surface area contributed by atoms with Crippen molar-refractivity contribution in [1.82, 2.24) is 5.32 Å². The molecule has 2 fully saturated rings. The zero-order valence-electron chi connectivity index (χ0n) is 15.9. The van der Waals surface area contributed by atoms with Gasteiger partial charge in [-0.25, -0.2) is 0 Å². The lowest BCUT2D eigenvalue weighted by molar-refractivity contribution is -0.161. The Morgan fingerprint density at radius 2 is 1.56 bits per heavy atom. The van der Waals surface area contributed by atoms with Gasteiger partial charge in [0.25, 0.3) is 0 Å². The molecule has 2 unspecified atom stereocenters. The quantitative estimate of drug-likeness (QED) is 0.593. The number of hydrogen-bond donors (Lipinski definition) is 1. The predicted octanol–water partition coefficient (Wildman–Crippen LogP) is 2.36. The second kappa shape index (κ2) is 6.82. The maximum absolute atomic E-state index is 13.1. The predicted molar refractivity (Wildman–Crippen MR) is 95.8 cm³/mol. The highest BCUT2D eigenvalue weighted by Gasteiger charge is 2.61. The second-order valence-electron chi connectivity index (χ2n) is 8.23. The van der Waals surface area contributed by atoms with Crippen molar-refractivity contribution in [2.75, 3.05) is 20.0 Å². The lowest BCUT2D eigenvalue weighted by Gasteiger charge is -2.59. The number of methoxy groups -OCH3 is 2. The minimum Gasteiger partial charge on any atom is -0.469 e. The number of ether oxygens (including phenoxy) is 2. The molecule has 1 heterocycles. The van der Waals surface area contributed by atoms with Crippen LogP contribution in [0.2, 0.25) is 0 Å². The molecule has 1 amide bonds. The molecule has 0 radical (unpaired) electrons. The van der Waals surface area contributed by atoms with E-state index in [2.05, 4.69) is 33.0 Å². The Kier molecular flexibility index (Phi) is 5.47. The van der Waals surface area contributed by atoms with Crippen molar-refractivity contribution in [2.24, 2.45) is 22.7 Å². The molecule has 25 heavy (non-hydrogen) atoms. The number of thioether (sulfide) groups is 1. The number of carbonyl (C=O) groups excluding carboxylic acids is 3. The Morgan fingerprint density at radius 1 is 1.04 bits per heavy atom. The number of amides is 1. The Labute approximate surface area is 153 Å². The van der Waals surface area contributed by atoms with E-state index in [1.807, 2.05) is 0 Å². The molecule has 142 valence electrons. The van der Waals surface area contributed by atoms with E-state index in [1.54, 1.807) is 11.8 Å². The molecule has 0 aromatic rings. The first kappa shape index (κ1) is 20.1. The fourth-order valence-corrected chi connectivity index (χ4v) is 6.42. The van der Waals surface area contributed by atoms with Gasteiger partial charge in [0.15, 0.2) is 0 Å². The summed E-state index contributed by atoms with van der Waals surface area (Å²) in [5.41, 5.74) is -0.360. The summed E-state index contributed by atoms with van der Waals surface area (Å²) in [5.74, 6) is -3.40. The summed E-state index contributed by atoms with van der Waals surface area (Å²) in [6.07, 6.45) is 3.02. The van der Waals surface area contributed by atoms with Gasteiger partial charge in [0.05, 0.1) is 25.0 Å². The minimum atomic E-state index is -1.18. The van der Waals surface area contributed by atoms with Crippen molar-refractivity contribution in [3.05, 3.63) is 0 Å². The van der Waals surface area contributed by atoms with Crippen LogP contribution in [0.15, 0.2) is 0 Å². The van der Waals surface area contributed by atoms with Gasteiger partial charge in [-0.05, 0) is 23.7 Å². The maximum atomic E-state index is 13.1. The first-order valence-electron chi connectivity index (χ1n) is 8.64. The third kappa shape index (κ3) is 3.15. The number of rotatable bonds is 2. The van der Waals surface area contributed by atoms with Gasteiger partial charge in [0.1, 0.15) is 5.92 Å². The van der Waals surface area contributed by atoms with E-state index in [0.29, 0.717) is 5.75 Å². The average Bonchev–Trinajstić information content (AvgIpc) is 2.69. The fourth-order valence-electron chi connectivity index (χ4n) is 4.50. The molecule has 6 nitrogen and oxygen atoms in total. The van der Waals surface area contributed by atoms with Crippen LogP contribution in [0.3, 0.4) is 0 Å². The molecular formula is C18H29NO5S. The Hall–Kier alpha value is -1.24. The molecule has 2 aliphatic rings. The van der Waals surface area contributed by atoms with E-state index in [9.17, 15) is 14.4 Å². The van der Waals surface area contributed by atoms with Crippen LogP contribution < -0.4 is 5.32 Å². The molecule has 0 bridgehead atoms. The molecule has 2 atom stereocenters. The largest absolute Gasteiger partial charge is 0.469 e. The summed E-state index contributed by atoms with van der Waals surface area (Å²) in [7, 11) is 2.50. The van der Waals surface area contributed by atoms with Gasteiger partial charge in [0, 0.05) is 5.75 Å². The van der Waals surface area contributed by atoms with Crippen LogP contribution in [-0.4, -0.2) is 42.7 Å². The number of esters is 2. The van der Waals surface area contributed by atoms with Crippen molar-refractivity contribution in [1.29, 1.82) is 0 Å². The third-order valence-corrected chi connectivity index (χ3v) is 8.10. The summed E-state index contributed by atoms with van der Waals surface area (Å²) in [5, 5.41) is 3.16. The zero-order valence-corrected chi connectivity index (χ0v) is 16.7.